The number of fused-ring (bicyclic) bond motifs is 1. The maximum absolute atomic E-state index is 12.1. The highest BCUT2D eigenvalue weighted by molar-refractivity contribution is 5.85. The van der Waals surface area contributed by atoms with Crippen LogP contribution in [0.1, 0.15) is 24.8 Å². The number of amides is 1. The highest BCUT2D eigenvalue weighted by Gasteiger charge is 2.30. The number of rotatable bonds is 4. The highest BCUT2D eigenvalue weighted by Crippen LogP contribution is 2.33. The van der Waals surface area contributed by atoms with E-state index in [0.29, 0.717) is 13.2 Å². The van der Waals surface area contributed by atoms with Gasteiger partial charge < -0.3 is 15.8 Å². The van der Waals surface area contributed by atoms with Gasteiger partial charge in [0.15, 0.2) is 0 Å². The maximum Gasteiger partial charge on any atom is 0.231 e. The molecule has 0 aromatic heterocycles. The molecule has 0 saturated carbocycles. The first kappa shape index (κ1) is 11.9. The van der Waals surface area contributed by atoms with Crippen LogP contribution in [0.15, 0.2) is 24.3 Å². The molecule has 0 bridgehead atoms. The van der Waals surface area contributed by atoms with Crippen molar-refractivity contribution in [2.45, 2.75) is 25.3 Å². The van der Waals surface area contributed by atoms with E-state index in [0.717, 1.165) is 17.7 Å². The predicted octanol–water partition coefficient (Wildman–Crippen LogP) is 1.02. The van der Waals surface area contributed by atoms with Gasteiger partial charge in [-0.3, -0.25) is 4.79 Å². The summed E-state index contributed by atoms with van der Waals surface area (Å²) in [6.07, 6.45) is 0.793. The molecule has 1 aliphatic heterocycles. The molecule has 2 unspecified atom stereocenters. The van der Waals surface area contributed by atoms with Crippen LogP contribution in [-0.4, -0.2) is 25.1 Å². The molecule has 0 radical (unpaired) electrons. The van der Waals surface area contributed by atoms with Crippen LogP contribution >= 0.6 is 0 Å². The minimum atomic E-state index is -0.188. The molecule has 1 aromatic carbocycles. The number of benzene rings is 1. The first-order valence-corrected chi connectivity index (χ1v) is 5.94. The molecule has 3 N–H and O–H groups in total. The largest absolute Gasteiger partial charge is 0.492 e. The molecule has 2 rings (SSSR count). The lowest BCUT2D eigenvalue weighted by atomic mass is 10.00. The summed E-state index contributed by atoms with van der Waals surface area (Å²) in [5.74, 6) is 0.654. The number of hydrogen-bond acceptors (Lipinski definition) is 3. The summed E-state index contributed by atoms with van der Waals surface area (Å²) >= 11 is 0. The number of carbonyl (C=O) groups is 1. The second-order valence-electron chi connectivity index (χ2n) is 4.39. The number of nitrogens with two attached hydrogens (primary N) is 1. The van der Waals surface area contributed by atoms with Crippen LogP contribution in [0.4, 0.5) is 0 Å². The fourth-order valence-electron chi connectivity index (χ4n) is 2.05. The van der Waals surface area contributed by atoms with Crippen LogP contribution in [0.2, 0.25) is 0 Å². The molecular weight excluding hydrogens is 216 g/mol. The van der Waals surface area contributed by atoms with Crippen LogP contribution in [0.3, 0.4) is 0 Å². The fraction of sp³-hybridized carbons (Fsp3) is 0.462. The smallest absolute Gasteiger partial charge is 0.231 e. The van der Waals surface area contributed by atoms with Crippen LogP contribution in [0.25, 0.3) is 0 Å². The minimum absolute atomic E-state index is 0.0240. The Balaban J connectivity index is 2.02. The zero-order chi connectivity index (χ0) is 12.3. The summed E-state index contributed by atoms with van der Waals surface area (Å²) in [7, 11) is 0. The Hall–Kier alpha value is -1.55. The summed E-state index contributed by atoms with van der Waals surface area (Å²) in [5, 5.41) is 2.96. The quantitative estimate of drug-likeness (QED) is 0.817. The van der Waals surface area contributed by atoms with Gasteiger partial charge in [0.1, 0.15) is 18.3 Å². The van der Waals surface area contributed by atoms with Gasteiger partial charge in [0.2, 0.25) is 5.91 Å². The Bertz CT molecular complexity index is 406. The monoisotopic (exact) mass is 234 g/mol. The lowest BCUT2D eigenvalue weighted by molar-refractivity contribution is -0.123. The van der Waals surface area contributed by atoms with Crippen LogP contribution < -0.4 is 15.8 Å². The maximum atomic E-state index is 12.1. The van der Waals surface area contributed by atoms with Crippen molar-refractivity contribution in [2.24, 2.45) is 5.73 Å². The minimum Gasteiger partial charge on any atom is -0.492 e. The lowest BCUT2D eigenvalue weighted by Gasteiger charge is -2.15. The topological polar surface area (TPSA) is 64.3 Å². The average molecular weight is 234 g/mol. The number of nitrogens with one attached hydrogen (secondary N) is 1. The van der Waals surface area contributed by atoms with Gasteiger partial charge in [0.05, 0.1) is 0 Å². The van der Waals surface area contributed by atoms with Crippen molar-refractivity contribution in [1.82, 2.24) is 5.32 Å². The molecule has 1 heterocycles. The van der Waals surface area contributed by atoms with Crippen molar-refractivity contribution in [3.63, 3.8) is 0 Å². The third kappa shape index (κ3) is 2.58. The SMILES string of the molecule is CC(CCN)NC(=O)C1COc2ccccc21. The normalized spacial score (nSPS) is 19.3. The van der Waals surface area contributed by atoms with E-state index >= 15 is 0 Å². The number of hydrogen-bond donors (Lipinski definition) is 2. The van der Waals surface area contributed by atoms with E-state index < -0.39 is 0 Å². The van der Waals surface area contributed by atoms with Crippen molar-refractivity contribution >= 4 is 5.91 Å². The molecule has 1 aliphatic rings. The molecule has 4 nitrogen and oxygen atoms in total. The molecule has 0 saturated heterocycles. The summed E-state index contributed by atoms with van der Waals surface area (Å²) in [4.78, 5) is 12.1. The Kier molecular flexibility index (Phi) is 3.64. The summed E-state index contributed by atoms with van der Waals surface area (Å²) in [5.41, 5.74) is 6.44. The molecule has 0 spiro atoms. The Morgan fingerprint density at radius 3 is 3.12 bits per heavy atom. The average Bonchev–Trinajstić information content (AvgIpc) is 2.72. The van der Waals surface area contributed by atoms with Gasteiger partial charge in [-0.25, -0.2) is 0 Å². The molecule has 4 heteroatoms. The Morgan fingerprint density at radius 1 is 1.59 bits per heavy atom. The fourth-order valence-corrected chi connectivity index (χ4v) is 2.05. The first-order valence-electron chi connectivity index (χ1n) is 5.94. The van der Waals surface area contributed by atoms with Crippen LogP contribution in [0, 0.1) is 0 Å². The van der Waals surface area contributed by atoms with Crippen molar-refractivity contribution in [3.05, 3.63) is 29.8 Å². The third-order valence-electron chi connectivity index (χ3n) is 3.00. The van der Waals surface area contributed by atoms with E-state index in [2.05, 4.69) is 5.32 Å². The van der Waals surface area contributed by atoms with E-state index in [4.69, 9.17) is 10.5 Å². The molecule has 1 amide bonds. The summed E-state index contributed by atoms with van der Waals surface area (Å²) in [6, 6.07) is 7.79. The van der Waals surface area contributed by atoms with Crippen molar-refractivity contribution in [3.8, 4) is 5.75 Å². The van der Waals surface area contributed by atoms with Gasteiger partial charge in [-0.2, -0.15) is 0 Å². The van der Waals surface area contributed by atoms with E-state index in [9.17, 15) is 4.79 Å². The molecule has 1 aromatic rings. The van der Waals surface area contributed by atoms with Gasteiger partial charge in [0.25, 0.3) is 0 Å². The zero-order valence-electron chi connectivity index (χ0n) is 9.98. The Morgan fingerprint density at radius 2 is 2.35 bits per heavy atom. The summed E-state index contributed by atoms with van der Waals surface area (Å²) < 4.78 is 5.49. The van der Waals surface area contributed by atoms with E-state index in [-0.39, 0.29) is 17.9 Å². The van der Waals surface area contributed by atoms with Crippen molar-refractivity contribution in [2.75, 3.05) is 13.2 Å². The van der Waals surface area contributed by atoms with E-state index in [1.54, 1.807) is 0 Å². The van der Waals surface area contributed by atoms with Crippen LogP contribution in [-0.2, 0) is 4.79 Å². The predicted molar refractivity (Wildman–Crippen MR) is 66.0 cm³/mol. The van der Waals surface area contributed by atoms with Gasteiger partial charge in [-0.05, 0) is 26.0 Å². The van der Waals surface area contributed by atoms with Gasteiger partial charge in [-0.1, -0.05) is 18.2 Å². The standard InChI is InChI=1S/C13H18N2O2/c1-9(6-7-14)15-13(16)11-8-17-12-5-3-2-4-10(11)12/h2-5,9,11H,6-8,14H2,1H3,(H,15,16). The second kappa shape index (κ2) is 5.19. The van der Waals surface area contributed by atoms with Crippen LogP contribution in [0.5, 0.6) is 5.75 Å². The first-order chi connectivity index (χ1) is 8.22. The lowest BCUT2D eigenvalue weighted by Crippen LogP contribution is -2.37. The second-order valence-corrected chi connectivity index (χ2v) is 4.39. The van der Waals surface area contributed by atoms with Crippen molar-refractivity contribution < 1.29 is 9.53 Å². The molecule has 0 aliphatic carbocycles. The van der Waals surface area contributed by atoms with Crippen molar-refractivity contribution in [1.29, 1.82) is 0 Å². The highest BCUT2D eigenvalue weighted by atomic mass is 16.5. The number of para-hydroxylation sites is 1. The molecular formula is C13H18N2O2. The molecule has 92 valence electrons. The number of carbonyl (C=O) groups excluding carboxylic acids is 1. The molecule has 0 fully saturated rings. The zero-order valence-corrected chi connectivity index (χ0v) is 9.98. The summed E-state index contributed by atoms with van der Waals surface area (Å²) in [6.45, 7) is 2.98. The molecule has 17 heavy (non-hydrogen) atoms. The molecule has 2 atom stereocenters. The van der Waals surface area contributed by atoms with Gasteiger partial charge in [-0.15, -0.1) is 0 Å². The Labute approximate surface area is 101 Å². The number of ether oxygens (including phenoxy) is 1. The van der Waals surface area contributed by atoms with E-state index in [1.807, 2.05) is 31.2 Å². The van der Waals surface area contributed by atoms with E-state index in [1.165, 1.54) is 0 Å². The van der Waals surface area contributed by atoms with Gasteiger partial charge >= 0.3 is 0 Å². The van der Waals surface area contributed by atoms with Gasteiger partial charge in [0, 0.05) is 11.6 Å². The third-order valence-corrected chi connectivity index (χ3v) is 3.00.